The van der Waals surface area contributed by atoms with E-state index in [4.69, 9.17) is 4.74 Å². The number of allylic oxidation sites excluding steroid dienone is 14. The topological polar surface area (TPSA) is 95.9 Å². The van der Waals surface area contributed by atoms with Crippen molar-refractivity contribution in [3.05, 3.63) is 85.1 Å². The highest BCUT2D eigenvalue weighted by molar-refractivity contribution is 5.77. The van der Waals surface area contributed by atoms with E-state index in [1.807, 2.05) is 6.08 Å². The second-order valence-electron chi connectivity index (χ2n) is 16.2. The van der Waals surface area contributed by atoms with Gasteiger partial charge in [0.15, 0.2) is 0 Å². The molecule has 0 heterocycles. The molecule has 3 atom stereocenters. The lowest BCUT2D eigenvalue weighted by Crippen LogP contribution is -2.46. The standard InChI is InChI=1S/C53H91NO5/c1-4-7-10-13-16-19-22-24-26-27-29-31-34-37-40-43-46-53(58)59-49(44-41-38-35-32-30-28-25-23-20-17-14-11-8-5-2)47-52(57)54-50(48-55)51(56)45-42-39-36-33-21-18-15-12-9-6-3/h7,10,16,19,24,26,28-32,35,37,40,49-51,55-56H,4-6,8-9,11-15,17-18,20-23,25,27,33-34,36,38-39,41-48H2,1-3H3,(H,54,57)/b10-7+,19-16+,26-24+,30-28+,31-29+,35-32+,40-37+. The van der Waals surface area contributed by atoms with Crippen LogP contribution < -0.4 is 5.32 Å². The van der Waals surface area contributed by atoms with E-state index < -0.39 is 18.2 Å². The molecule has 0 aromatic carbocycles. The lowest BCUT2D eigenvalue weighted by atomic mass is 10.0. The van der Waals surface area contributed by atoms with Gasteiger partial charge in [-0.15, -0.1) is 0 Å². The zero-order chi connectivity index (χ0) is 43.1. The largest absolute Gasteiger partial charge is 0.462 e. The van der Waals surface area contributed by atoms with E-state index in [1.54, 1.807) is 0 Å². The van der Waals surface area contributed by atoms with Gasteiger partial charge in [0.25, 0.3) is 0 Å². The fourth-order valence-electron chi connectivity index (χ4n) is 6.83. The molecule has 338 valence electrons. The molecule has 0 rings (SSSR count). The van der Waals surface area contributed by atoms with E-state index in [9.17, 15) is 19.8 Å². The summed E-state index contributed by atoms with van der Waals surface area (Å²) in [6.45, 7) is 6.30. The van der Waals surface area contributed by atoms with Gasteiger partial charge in [0.2, 0.25) is 5.91 Å². The van der Waals surface area contributed by atoms with Gasteiger partial charge >= 0.3 is 5.97 Å². The van der Waals surface area contributed by atoms with Gasteiger partial charge in [0.05, 0.1) is 25.2 Å². The average molecular weight is 822 g/mol. The first kappa shape index (κ1) is 56.0. The van der Waals surface area contributed by atoms with E-state index >= 15 is 0 Å². The van der Waals surface area contributed by atoms with Crippen LogP contribution in [0.3, 0.4) is 0 Å². The van der Waals surface area contributed by atoms with Crippen LogP contribution in [-0.4, -0.2) is 46.9 Å². The van der Waals surface area contributed by atoms with Crippen LogP contribution in [0.1, 0.15) is 213 Å². The Morgan fingerprint density at radius 2 is 0.983 bits per heavy atom. The first-order valence-corrected chi connectivity index (χ1v) is 24.3. The number of carbonyl (C=O) groups excluding carboxylic acids is 2. The fourth-order valence-corrected chi connectivity index (χ4v) is 6.83. The predicted molar refractivity (Wildman–Crippen MR) is 254 cm³/mol. The lowest BCUT2D eigenvalue weighted by Gasteiger charge is -2.24. The normalized spacial score (nSPS) is 14.1. The fraction of sp³-hybridized carbons (Fsp3) is 0.698. The summed E-state index contributed by atoms with van der Waals surface area (Å²) >= 11 is 0. The van der Waals surface area contributed by atoms with Gasteiger partial charge in [-0.3, -0.25) is 9.59 Å². The minimum Gasteiger partial charge on any atom is -0.462 e. The predicted octanol–water partition coefficient (Wildman–Crippen LogP) is 14.4. The monoisotopic (exact) mass is 822 g/mol. The molecule has 0 aromatic heterocycles. The molecule has 6 heteroatoms. The van der Waals surface area contributed by atoms with E-state index in [1.165, 1.54) is 89.9 Å². The van der Waals surface area contributed by atoms with E-state index in [0.29, 0.717) is 19.3 Å². The second kappa shape index (κ2) is 46.1. The Balaban J connectivity index is 4.80. The van der Waals surface area contributed by atoms with Gasteiger partial charge in [-0.1, -0.05) is 209 Å². The highest BCUT2D eigenvalue weighted by Gasteiger charge is 2.23. The number of aliphatic hydroxyl groups is 2. The summed E-state index contributed by atoms with van der Waals surface area (Å²) in [4.78, 5) is 26.0. The van der Waals surface area contributed by atoms with Crippen molar-refractivity contribution in [2.45, 2.75) is 232 Å². The van der Waals surface area contributed by atoms with Crippen molar-refractivity contribution in [3.8, 4) is 0 Å². The molecule has 0 spiro atoms. The molecule has 0 fully saturated rings. The molecule has 1 amide bonds. The molecule has 59 heavy (non-hydrogen) atoms. The number of carbonyl (C=O) groups is 2. The number of hydrogen-bond donors (Lipinski definition) is 3. The summed E-state index contributed by atoms with van der Waals surface area (Å²) in [6, 6.07) is -0.733. The van der Waals surface area contributed by atoms with Crippen molar-refractivity contribution in [1.29, 1.82) is 0 Å². The van der Waals surface area contributed by atoms with Crippen molar-refractivity contribution in [3.63, 3.8) is 0 Å². The second-order valence-corrected chi connectivity index (χ2v) is 16.2. The van der Waals surface area contributed by atoms with Gasteiger partial charge in [-0.05, 0) is 77.0 Å². The molecule has 3 N–H and O–H groups in total. The maximum absolute atomic E-state index is 13.1. The summed E-state index contributed by atoms with van der Waals surface area (Å²) in [5.41, 5.74) is 0. The van der Waals surface area contributed by atoms with Gasteiger partial charge < -0.3 is 20.3 Å². The first-order valence-electron chi connectivity index (χ1n) is 24.3. The summed E-state index contributed by atoms with van der Waals surface area (Å²) in [5.74, 6) is -0.627. The Kier molecular flexibility index (Phi) is 43.8. The first-order chi connectivity index (χ1) is 29.0. The van der Waals surface area contributed by atoms with Gasteiger partial charge in [-0.2, -0.15) is 0 Å². The molecule has 6 nitrogen and oxygen atoms in total. The highest BCUT2D eigenvalue weighted by Crippen LogP contribution is 2.16. The minimum absolute atomic E-state index is 0.0109. The highest BCUT2D eigenvalue weighted by atomic mass is 16.5. The Morgan fingerprint density at radius 3 is 1.49 bits per heavy atom. The molecule has 0 aliphatic rings. The van der Waals surface area contributed by atoms with Crippen molar-refractivity contribution in [2.24, 2.45) is 0 Å². The minimum atomic E-state index is -0.813. The van der Waals surface area contributed by atoms with Crippen LogP contribution in [0.15, 0.2) is 85.1 Å². The van der Waals surface area contributed by atoms with Crippen molar-refractivity contribution >= 4 is 11.9 Å². The number of hydrogen-bond acceptors (Lipinski definition) is 5. The van der Waals surface area contributed by atoms with Crippen LogP contribution in [0.4, 0.5) is 0 Å². The Hall–Kier alpha value is -2.96. The molecular weight excluding hydrogens is 731 g/mol. The molecule has 0 aromatic rings. The van der Waals surface area contributed by atoms with E-state index in [2.05, 4.69) is 105 Å². The van der Waals surface area contributed by atoms with Crippen LogP contribution >= 0.6 is 0 Å². The van der Waals surface area contributed by atoms with Crippen LogP contribution in [0, 0.1) is 0 Å². The van der Waals surface area contributed by atoms with Crippen LogP contribution in [-0.2, 0) is 14.3 Å². The Bertz CT molecular complexity index is 1150. The van der Waals surface area contributed by atoms with Crippen LogP contribution in [0.25, 0.3) is 0 Å². The third-order valence-electron chi connectivity index (χ3n) is 10.5. The SMILES string of the molecule is CC/C=C/C/C=C/C/C=C/C/C=C/C/C=C/CCC(=O)OC(CCC/C=C/C=C/CCCCCCCCC)CC(=O)NC(CO)C(O)CCCCCCCCCCCC. The van der Waals surface area contributed by atoms with Crippen LogP contribution in [0.5, 0.6) is 0 Å². The van der Waals surface area contributed by atoms with Gasteiger partial charge in [0, 0.05) is 6.42 Å². The molecule has 3 unspecified atom stereocenters. The van der Waals surface area contributed by atoms with E-state index in [0.717, 1.165) is 70.6 Å². The number of esters is 1. The summed E-state index contributed by atoms with van der Waals surface area (Å²) < 4.78 is 5.85. The maximum Gasteiger partial charge on any atom is 0.306 e. The van der Waals surface area contributed by atoms with Crippen LogP contribution in [0.2, 0.25) is 0 Å². The zero-order valence-corrected chi connectivity index (χ0v) is 38.4. The smallest absolute Gasteiger partial charge is 0.306 e. The lowest BCUT2D eigenvalue weighted by molar-refractivity contribution is -0.150. The number of nitrogens with one attached hydrogen (secondary N) is 1. The van der Waals surface area contributed by atoms with Crippen molar-refractivity contribution in [1.82, 2.24) is 5.32 Å². The number of unbranched alkanes of at least 4 members (excludes halogenated alkanes) is 17. The number of rotatable bonds is 42. The van der Waals surface area contributed by atoms with E-state index in [-0.39, 0.29) is 31.3 Å². The summed E-state index contributed by atoms with van der Waals surface area (Å²) in [6.07, 6.45) is 59.4. The molecule has 0 aliphatic heterocycles. The molecule has 0 saturated carbocycles. The summed E-state index contributed by atoms with van der Waals surface area (Å²) in [7, 11) is 0. The maximum atomic E-state index is 13.1. The molecule has 0 radical (unpaired) electrons. The van der Waals surface area contributed by atoms with Gasteiger partial charge in [-0.25, -0.2) is 0 Å². The molecular formula is C53H91NO5. The van der Waals surface area contributed by atoms with Crippen molar-refractivity contribution in [2.75, 3.05) is 6.61 Å². The molecule has 0 saturated heterocycles. The summed E-state index contributed by atoms with van der Waals surface area (Å²) in [5, 5.41) is 23.6. The Labute approximate surface area is 363 Å². The number of aliphatic hydroxyl groups excluding tert-OH is 2. The number of amides is 1. The third kappa shape index (κ3) is 41.6. The van der Waals surface area contributed by atoms with Gasteiger partial charge in [0.1, 0.15) is 6.10 Å². The average Bonchev–Trinajstić information content (AvgIpc) is 3.23. The van der Waals surface area contributed by atoms with Crippen molar-refractivity contribution < 1.29 is 24.5 Å². The Morgan fingerprint density at radius 1 is 0.525 bits per heavy atom. The third-order valence-corrected chi connectivity index (χ3v) is 10.5. The molecule has 0 aliphatic carbocycles. The number of ether oxygens (including phenoxy) is 1. The zero-order valence-electron chi connectivity index (χ0n) is 38.4. The quantitative estimate of drug-likeness (QED) is 0.0247. The molecule has 0 bridgehead atoms.